The average Bonchev–Trinajstić information content (AvgIpc) is 2.70. The van der Waals surface area contributed by atoms with E-state index in [0.717, 1.165) is 21.1 Å². The highest BCUT2D eigenvalue weighted by atomic mass is 35.5. The van der Waals surface area contributed by atoms with Crippen LogP contribution >= 0.6 is 22.9 Å². The van der Waals surface area contributed by atoms with E-state index in [1.165, 1.54) is 11.3 Å². The molecular formula is C14H14ClNO2S. The standard InChI is InChI=1S/C14H14ClNO2S/c1-3-18-13(17)8-12-16-14(9(2)19-12)10-5-4-6-11(15)7-10/h4-7H,3,8H2,1-2H3. The van der Waals surface area contributed by atoms with E-state index in [9.17, 15) is 4.79 Å². The second-order valence-corrected chi connectivity index (χ2v) is 5.73. The van der Waals surface area contributed by atoms with Crippen LogP contribution < -0.4 is 0 Å². The molecule has 0 unspecified atom stereocenters. The summed E-state index contributed by atoms with van der Waals surface area (Å²) in [7, 11) is 0. The van der Waals surface area contributed by atoms with Gasteiger partial charge < -0.3 is 4.74 Å². The van der Waals surface area contributed by atoms with E-state index in [1.54, 1.807) is 6.92 Å². The van der Waals surface area contributed by atoms with Crippen LogP contribution in [-0.4, -0.2) is 17.6 Å². The van der Waals surface area contributed by atoms with Crippen LogP contribution in [0.4, 0.5) is 0 Å². The first kappa shape index (κ1) is 14.0. The van der Waals surface area contributed by atoms with Crippen LogP contribution in [0.25, 0.3) is 11.3 Å². The minimum atomic E-state index is -0.242. The minimum Gasteiger partial charge on any atom is -0.466 e. The monoisotopic (exact) mass is 295 g/mol. The molecule has 5 heteroatoms. The molecule has 0 radical (unpaired) electrons. The van der Waals surface area contributed by atoms with Crippen molar-refractivity contribution < 1.29 is 9.53 Å². The van der Waals surface area contributed by atoms with E-state index in [4.69, 9.17) is 16.3 Å². The largest absolute Gasteiger partial charge is 0.466 e. The molecule has 0 aliphatic rings. The fourth-order valence-electron chi connectivity index (χ4n) is 1.77. The van der Waals surface area contributed by atoms with Gasteiger partial charge in [0.2, 0.25) is 0 Å². The van der Waals surface area contributed by atoms with Crippen LogP contribution in [0.15, 0.2) is 24.3 Å². The summed E-state index contributed by atoms with van der Waals surface area (Å²) in [4.78, 5) is 17.0. The fraction of sp³-hybridized carbons (Fsp3) is 0.286. The number of thiazole rings is 1. The number of hydrogen-bond donors (Lipinski definition) is 0. The van der Waals surface area contributed by atoms with Gasteiger partial charge in [0, 0.05) is 15.5 Å². The molecule has 1 aromatic carbocycles. The van der Waals surface area contributed by atoms with Crippen molar-refractivity contribution in [1.29, 1.82) is 0 Å². The Labute approximate surface area is 121 Å². The van der Waals surface area contributed by atoms with Gasteiger partial charge in [-0.1, -0.05) is 23.7 Å². The normalized spacial score (nSPS) is 10.5. The van der Waals surface area contributed by atoms with Gasteiger partial charge in [0.15, 0.2) is 0 Å². The van der Waals surface area contributed by atoms with Crippen molar-refractivity contribution in [2.24, 2.45) is 0 Å². The average molecular weight is 296 g/mol. The molecule has 1 heterocycles. The number of nitrogens with zero attached hydrogens (tertiary/aromatic N) is 1. The zero-order chi connectivity index (χ0) is 13.8. The van der Waals surface area contributed by atoms with E-state index in [1.807, 2.05) is 31.2 Å². The van der Waals surface area contributed by atoms with Crippen LogP contribution in [-0.2, 0) is 16.0 Å². The molecule has 1 aromatic heterocycles. The summed E-state index contributed by atoms with van der Waals surface area (Å²) in [5.74, 6) is -0.242. The molecule has 0 bridgehead atoms. The maximum absolute atomic E-state index is 11.4. The Morgan fingerprint density at radius 2 is 2.26 bits per heavy atom. The van der Waals surface area contributed by atoms with Gasteiger partial charge in [-0.3, -0.25) is 4.79 Å². The Balaban J connectivity index is 2.24. The van der Waals surface area contributed by atoms with Crippen molar-refractivity contribution in [2.75, 3.05) is 6.61 Å². The Bertz CT molecular complexity index is 595. The van der Waals surface area contributed by atoms with Crippen molar-refractivity contribution in [1.82, 2.24) is 4.98 Å². The molecule has 0 aliphatic heterocycles. The van der Waals surface area contributed by atoms with E-state index in [-0.39, 0.29) is 12.4 Å². The highest BCUT2D eigenvalue weighted by Crippen LogP contribution is 2.29. The molecule has 0 fully saturated rings. The Hall–Kier alpha value is -1.39. The lowest BCUT2D eigenvalue weighted by Gasteiger charge is -1.99. The molecule has 0 spiro atoms. The van der Waals surface area contributed by atoms with Gasteiger partial charge in [-0.15, -0.1) is 11.3 Å². The van der Waals surface area contributed by atoms with Crippen molar-refractivity contribution in [3.05, 3.63) is 39.2 Å². The number of esters is 1. The highest BCUT2D eigenvalue weighted by molar-refractivity contribution is 7.12. The Morgan fingerprint density at radius 3 is 2.95 bits per heavy atom. The summed E-state index contributed by atoms with van der Waals surface area (Å²) in [6.07, 6.45) is 0.222. The van der Waals surface area contributed by atoms with Gasteiger partial charge in [0.1, 0.15) is 5.01 Å². The van der Waals surface area contributed by atoms with Crippen molar-refractivity contribution in [2.45, 2.75) is 20.3 Å². The van der Waals surface area contributed by atoms with E-state index in [2.05, 4.69) is 4.98 Å². The molecular weight excluding hydrogens is 282 g/mol. The van der Waals surface area contributed by atoms with Gasteiger partial charge in [-0.25, -0.2) is 4.98 Å². The second-order valence-electron chi connectivity index (χ2n) is 4.00. The molecule has 0 aliphatic carbocycles. The molecule has 0 N–H and O–H groups in total. The smallest absolute Gasteiger partial charge is 0.312 e. The number of halogens is 1. The number of hydrogen-bond acceptors (Lipinski definition) is 4. The van der Waals surface area contributed by atoms with Crippen molar-refractivity contribution in [3.8, 4) is 11.3 Å². The Kier molecular flexibility index (Phi) is 4.56. The predicted molar refractivity (Wildman–Crippen MR) is 77.6 cm³/mol. The maximum atomic E-state index is 11.4. The third-order valence-corrected chi connectivity index (χ3v) is 3.75. The first-order chi connectivity index (χ1) is 9.10. The van der Waals surface area contributed by atoms with Gasteiger partial charge in [-0.05, 0) is 26.0 Å². The third-order valence-electron chi connectivity index (χ3n) is 2.54. The number of benzene rings is 1. The van der Waals surface area contributed by atoms with Crippen LogP contribution in [0.1, 0.15) is 16.8 Å². The first-order valence-corrected chi connectivity index (χ1v) is 7.17. The first-order valence-electron chi connectivity index (χ1n) is 5.98. The molecule has 2 aromatic rings. The fourth-order valence-corrected chi connectivity index (χ4v) is 2.90. The molecule has 2 rings (SSSR count). The molecule has 0 atom stereocenters. The van der Waals surface area contributed by atoms with Crippen LogP contribution in [0.2, 0.25) is 5.02 Å². The highest BCUT2D eigenvalue weighted by Gasteiger charge is 2.13. The summed E-state index contributed by atoms with van der Waals surface area (Å²) in [6, 6.07) is 7.55. The van der Waals surface area contributed by atoms with Gasteiger partial charge in [-0.2, -0.15) is 0 Å². The molecule has 3 nitrogen and oxygen atoms in total. The topological polar surface area (TPSA) is 39.2 Å². The lowest BCUT2D eigenvalue weighted by Crippen LogP contribution is -2.07. The summed E-state index contributed by atoms with van der Waals surface area (Å²) >= 11 is 7.50. The van der Waals surface area contributed by atoms with E-state index >= 15 is 0 Å². The zero-order valence-electron chi connectivity index (χ0n) is 10.8. The van der Waals surface area contributed by atoms with Gasteiger partial charge in [0.25, 0.3) is 0 Å². The number of carbonyl (C=O) groups is 1. The predicted octanol–water partition coefficient (Wildman–Crippen LogP) is 3.88. The lowest BCUT2D eigenvalue weighted by molar-refractivity contribution is -0.142. The molecule has 0 saturated carbocycles. The van der Waals surface area contributed by atoms with Crippen LogP contribution in [0, 0.1) is 6.92 Å². The number of ether oxygens (including phenoxy) is 1. The lowest BCUT2D eigenvalue weighted by atomic mass is 10.1. The van der Waals surface area contributed by atoms with Gasteiger partial charge >= 0.3 is 5.97 Å². The Morgan fingerprint density at radius 1 is 1.47 bits per heavy atom. The van der Waals surface area contributed by atoms with E-state index in [0.29, 0.717) is 11.6 Å². The van der Waals surface area contributed by atoms with Crippen LogP contribution in [0.5, 0.6) is 0 Å². The third kappa shape index (κ3) is 3.55. The zero-order valence-corrected chi connectivity index (χ0v) is 12.3. The SMILES string of the molecule is CCOC(=O)Cc1nc(-c2cccc(Cl)c2)c(C)s1. The van der Waals surface area contributed by atoms with Crippen molar-refractivity contribution >= 4 is 28.9 Å². The maximum Gasteiger partial charge on any atom is 0.312 e. The summed E-state index contributed by atoms with van der Waals surface area (Å²) in [5.41, 5.74) is 1.85. The quantitative estimate of drug-likeness (QED) is 0.804. The number of aromatic nitrogens is 1. The number of aryl methyl sites for hydroxylation is 1. The van der Waals surface area contributed by atoms with Crippen LogP contribution in [0.3, 0.4) is 0 Å². The summed E-state index contributed by atoms with van der Waals surface area (Å²) in [5, 5.41) is 1.45. The summed E-state index contributed by atoms with van der Waals surface area (Å²) in [6.45, 7) is 4.18. The molecule has 19 heavy (non-hydrogen) atoms. The second kappa shape index (κ2) is 6.17. The summed E-state index contributed by atoms with van der Waals surface area (Å²) < 4.78 is 4.93. The number of carbonyl (C=O) groups excluding carboxylic acids is 1. The van der Waals surface area contributed by atoms with E-state index < -0.39 is 0 Å². The number of rotatable bonds is 4. The van der Waals surface area contributed by atoms with Crippen molar-refractivity contribution in [3.63, 3.8) is 0 Å². The van der Waals surface area contributed by atoms with Gasteiger partial charge in [0.05, 0.1) is 18.7 Å². The molecule has 100 valence electrons. The minimum absolute atomic E-state index is 0.222. The molecule has 0 amide bonds. The molecule has 0 saturated heterocycles.